The van der Waals surface area contributed by atoms with E-state index in [1.165, 1.54) is 29.3 Å². The maximum absolute atomic E-state index is 11.8. The van der Waals surface area contributed by atoms with Crippen molar-refractivity contribution in [3.8, 4) is 0 Å². The van der Waals surface area contributed by atoms with Crippen molar-refractivity contribution < 1.29 is 9.21 Å². The first kappa shape index (κ1) is 15.7. The number of nitrogens with one attached hydrogen (secondary N) is 2. The van der Waals surface area contributed by atoms with Crippen LogP contribution in [0.2, 0.25) is 0 Å². The highest BCUT2D eigenvalue weighted by molar-refractivity contribution is 7.99. The molecule has 25 heavy (non-hydrogen) atoms. The van der Waals surface area contributed by atoms with Crippen molar-refractivity contribution >= 4 is 46.3 Å². The summed E-state index contributed by atoms with van der Waals surface area (Å²) in [4.78, 5) is 20.1. The molecular weight excluding hydrogens is 356 g/mol. The van der Waals surface area contributed by atoms with E-state index in [4.69, 9.17) is 4.42 Å². The molecule has 1 aromatic carbocycles. The Morgan fingerprint density at radius 1 is 1.24 bits per heavy atom. The highest BCUT2D eigenvalue weighted by Gasteiger charge is 2.08. The predicted octanol–water partition coefficient (Wildman–Crippen LogP) is 4.13. The monoisotopic (exact) mass is 368 g/mol. The van der Waals surface area contributed by atoms with Crippen LogP contribution in [0, 0.1) is 0 Å². The van der Waals surface area contributed by atoms with E-state index in [0.29, 0.717) is 15.7 Å². The van der Waals surface area contributed by atoms with Gasteiger partial charge < -0.3 is 9.40 Å². The van der Waals surface area contributed by atoms with Gasteiger partial charge in [0.15, 0.2) is 10.2 Å². The summed E-state index contributed by atoms with van der Waals surface area (Å²) in [5.41, 5.74) is 4.36. The van der Waals surface area contributed by atoms with E-state index in [1.807, 2.05) is 41.8 Å². The Labute approximate surface area is 151 Å². The molecule has 0 spiro atoms. The fraction of sp³-hybridized carbons (Fsp3) is 0. The number of fused-ring (bicyclic) bond motifs is 1. The molecule has 3 aromatic heterocycles. The van der Waals surface area contributed by atoms with Crippen LogP contribution in [0.1, 0.15) is 15.4 Å². The first-order chi connectivity index (χ1) is 12.3. The number of H-pyrrole nitrogens is 1. The van der Waals surface area contributed by atoms with Crippen molar-refractivity contribution in [1.29, 1.82) is 0 Å². The lowest BCUT2D eigenvalue weighted by Gasteiger charge is -1.94. The minimum atomic E-state index is -0.241. The van der Waals surface area contributed by atoms with Gasteiger partial charge in [-0.1, -0.05) is 18.2 Å². The number of carbonyl (C=O) groups excluding carboxylic acids is 1. The van der Waals surface area contributed by atoms with E-state index in [9.17, 15) is 4.79 Å². The quantitative estimate of drug-likeness (QED) is 0.410. The van der Waals surface area contributed by atoms with Gasteiger partial charge >= 0.3 is 0 Å². The number of rotatable bonds is 5. The summed E-state index contributed by atoms with van der Waals surface area (Å²) in [6, 6.07) is 15.0. The lowest BCUT2D eigenvalue weighted by atomic mass is 10.3. The van der Waals surface area contributed by atoms with E-state index < -0.39 is 0 Å². The third-order valence-corrected chi connectivity index (χ3v) is 4.95. The molecule has 0 radical (unpaired) electrons. The Morgan fingerprint density at radius 3 is 3.00 bits per heavy atom. The van der Waals surface area contributed by atoms with E-state index in [-0.39, 0.29) is 5.91 Å². The first-order valence-electron chi connectivity index (χ1n) is 7.37. The summed E-state index contributed by atoms with van der Waals surface area (Å²) in [7, 11) is 0. The van der Waals surface area contributed by atoms with E-state index in [0.717, 1.165) is 16.2 Å². The summed E-state index contributed by atoms with van der Waals surface area (Å²) in [6.07, 6.45) is 1.47. The number of carbonyl (C=O) groups is 1. The summed E-state index contributed by atoms with van der Waals surface area (Å²) >= 11 is 2.75. The smallest absolute Gasteiger partial charge is 0.281 e. The molecule has 0 aliphatic rings. The van der Waals surface area contributed by atoms with Crippen LogP contribution < -0.4 is 5.43 Å². The number of nitrogens with zero attached hydrogens (tertiary/aromatic N) is 2. The molecule has 0 fully saturated rings. The number of thiophene rings is 1. The number of hydrogen-bond donors (Lipinski definition) is 2. The number of benzene rings is 1. The van der Waals surface area contributed by atoms with Crippen molar-refractivity contribution in [2.24, 2.45) is 5.10 Å². The molecule has 1 amide bonds. The standard InChI is InChI=1S/C17H12N4O2S2/c22-16(14-6-3-9-24-14)21-18-10-11-7-8-15(23-11)25-17-19-12-4-1-2-5-13(12)20-17/h1-10H,(H,19,20)(H,21,22)/b18-10+. The van der Waals surface area contributed by atoms with Crippen LogP contribution in [0.15, 0.2) is 73.7 Å². The van der Waals surface area contributed by atoms with E-state index in [2.05, 4.69) is 20.5 Å². The molecule has 0 aliphatic heterocycles. The summed E-state index contributed by atoms with van der Waals surface area (Å²) in [5, 5.41) is 7.19. The lowest BCUT2D eigenvalue weighted by Crippen LogP contribution is -2.15. The van der Waals surface area contributed by atoms with Gasteiger partial charge in [-0.2, -0.15) is 5.10 Å². The molecule has 0 saturated carbocycles. The van der Waals surface area contributed by atoms with Crippen LogP contribution in [-0.2, 0) is 0 Å². The van der Waals surface area contributed by atoms with Crippen LogP contribution in [-0.4, -0.2) is 22.1 Å². The zero-order valence-corrected chi connectivity index (χ0v) is 14.4. The van der Waals surface area contributed by atoms with Crippen molar-refractivity contribution in [1.82, 2.24) is 15.4 Å². The van der Waals surface area contributed by atoms with Crippen LogP contribution in [0.5, 0.6) is 0 Å². The van der Waals surface area contributed by atoms with Crippen molar-refractivity contribution in [3.05, 3.63) is 64.5 Å². The van der Waals surface area contributed by atoms with Crippen molar-refractivity contribution in [2.45, 2.75) is 10.2 Å². The van der Waals surface area contributed by atoms with Crippen LogP contribution in [0.25, 0.3) is 11.0 Å². The fourth-order valence-electron chi connectivity index (χ4n) is 2.15. The largest absolute Gasteiger partial charge is 0.448 e. The molecule has 124 valence electrons. The molecule has 4 aromatic rings. The first-order valence-corrected chi connectivity index (χ1v) is 9.07. The van der Waals surface area contributed by atoms with Crippen LogP contribution >= 0.6 is 23.1 Å². The highest BCUT2D eigenvalue weighted by atomic mass is 32.2. The maximum atomic E-state index is 11.8. The van der Waals surface area contributed by atoms with Gasteiger partial charge in [-0.05, 0) is 47.5 Å². The van der Waals surface area contributed by atoms with Crippen LogP contribution in [0.3, 0.4) is 0 Å². The molecule has 4 rings (SSSR count). The highest BCUT2D eigenvalue weighted by Crippen LogP contribution is 2.28. The average molecular weight is 368 g/mol. The van der Waals surface area contributed by atoms with Crippen molar-refractivity contribution in [3.63, 3.8) is 0 Å². The Bertz CT molecular complexity index is 1000. The number of imidazole rings is 1. The number of aromatic nitrogens is 2. The van der Waals surface area contributed by atoms with Crippen molar-refractivity contribution in [2.75, 3.05) is 0 Å². The van der Waals surface area contributed by atoms with Gasteiger partial charge in [0.25, 0.3) is 5.91 Å². The summed E-state index contributed by atoms with van der Waals surface area (Å²) in [6.45, 7) is 0. The minimum absolute atomic E-state index is 0.241. The zero-order chi connectivity index (χ0) is 17.1. The van der Waals surface area contributed by atoms with Gasteiger partial charge in [0.2, 0.25) is 0 Å². The molecule has 0 bridgehead atoms. The molecule has 6 nitrogen and oxygen atoms in total. The second-order valence-corrected chi connectivity index (χ2v) is 6.94. The van der Waals surface area contributed by atoms with Crippen LogP contribution in [0.4, 0.5) is 0 Å². The van der Waals surface area contributed by atoms with E-state index >= 15 is 0 Å². The molecule has 0 saturated heterocycles. The van der Waals surface area contributed by atoms with Gasteiger partial charge in [-0.25, -0.2) is 10.4 Å². The number of amides is 1. The lowest BCUT2D eigenvalue weighted by molar-refractivity contribution is 0.0959. The molecule has 0 atom stereocenters. The minimum Gasteiger partial charge on any atom is -0.448 e. The van der Waals surface area contributed by atoms with Gasteiger partial charge in [0.05, 0.1) is 22.1 Å². The molecule has 8 heteroatoms. The van der Waals surface area contributed by atoms with Gasteiger partial charge in [0, 0.05) is 0 Å². The third kappa shape index (κ3) is 3.65. The molecule has 3 heterocycles. The summed E-state index contributed by atoms with van der Waals surface area (Å²) < 4.78 is 5.66. The Balaban J connectivity index is 1.40. The Hall–Kier alpha value is -2.84. The SMILES string of the molecule is O=C(N/N=C/c1ccc(Sc2nc3ccccc3[nH]2)o1)c1cccs1. The second-order valence-electron chi connectivity index (χ2n) is 4.99. The third-order valence-electron chi connectivity index (χ3n) is 3.27. The van der Waals surface area contributed by atoms with Gasteiger partial charge in [-0.15, -0.1) is 11.3 Å². The Kier molecular flexibility index (Phi) is 4.36. The number of para-hydroxylation sites is 2. The summed E-state index contributed by atoms with van der Waals surface area (Å²) in [5.74, 6) is 0.305. The fourth-order valence-corrected chi connectivity index (χ4v) is 3.53. The normalized spacial score (nSPS) is 11.4. The number of furan rings is 1. The molecular formula is C17H12N4O2S2. The molecule has 2 N–H and O–H groups in total. The van der Waals surface area contributed by atoms with E-state index in [1.54, 1.807) is 12.1 Å². The number of hydrogen-bond acceptors (Lipinski definition) is 6. The number of aromatic amines is 1. The molecule has 0 unspecified atom stereocenters. The zero-order valence-electron chi connectivity index (χ0n) is 12.8. The second kappa shape index (κ2) is 6.96. The van der Waals surface area contributed by atoms with Gasteiger partial charge in [0.1, 0.15) is 5.76 Å². The maximum Gasteiger partial charge on any atom is 0.281 e. The van der Waals surface area contributed by atoms with Gasteiger partial charge in [-0.3, -0.25) is 4.79 Å². The average Bonchev–Trinajstić information content (AvgIpc) is 3.35. The number of hydrazone groups is 1. The Morgan fingerprint density at radius 2 is 2.16 bits per heavy atom. The predicted molar refractivity (Wildman–Crippen MR) is 98.3 cm³/mol. The molecule has 0 aliphatic carbocycles. The topological polar surface area (TPSA) is 83.3 Å².